The molecule has 6 atom stereocenters. The van der Waals surface area contributed by atoms with Gasteiger partial charge in [-0.2, -0.15) is 22.0 Å². The van der Waals surface area contributed by atoms with E-state index in [-0.39, 0.29) is 0 Å². The van der Waals surface area contributed by atoms with E-state index in [1.54, 1.807) is 0 Å². The van der Waals surface area contributed by atoms with E-state index in [1.807, 2.05) is 0 Å². The number of hydrogen-bond acceptors (Lipinski definition) is 0. The van der Waals surface area contributed by atoms with Crippen molar-refractivity contribution in [3.05, 3.63) is 29.1 Å². The molecule has 1 aromatic carbocycles. The topological polar surface area (TPSA) is 0 Å². The van der Waals surface area contributed by atoms with E-state index in [2.05, 4.69) is 0 Å². The molecule has 1 rings (SSSR count). The summed E-state index contributed by atoms with van der Waals surface area (Å²) in [6.45, 7) is -1.23. The van der Waals surface area contributed by atoms with Gasteiger partial charge in [-0.3, -0.25) is 4.39 Å². The van der Waals surface area contributed by atoms with Crippen LogP contribution < -0.4 is 5.30 Å². The van der Waals surface area contributed by atoms with Crippen LogP contribution in [0.15, 0.2) is 0 Å². The highest BCUT2D eigenvalue weighted by Crippen LogP contribution is 2.60. The third kappa shape index (κ3) is 6.20. The molecule has 0 saturated heterocycles. The summed E-state index contributed by atoms with van der Waals surface area (Å²) in [7, 11) is -5.22. The van der Waals surface area contributed by atoms with Gasteiger partial charge >= 0.3 is 11.8 Å². The van der Waals surface area contributed by atoms with Crippen molar-refractivity contribution >= 4 is 13.2 Å². The summed E-state index contributed by atoms with van der Waals surface area (Å²) in [4.78, 5) is 0. The minimum absolute atomic E-state index is 0.701. The summed E-state index contributed by atoms with van der Waals surface area (Å²) in [5.41, 5.74) is -6.41. The van der Waals surface area contributed by atoms with E-state index >= 15 is 0 Å². The van der Waals surface area contributed by atoms with Crippen LogP contribution in [0.3, 0.4) is 0 Å². The number of rotatable bonds is 11. The number of benzene rings is 1. The molecule has 0 aliphatic rings. The van der Waals surface area contributed by atoms with Crippen molar-refractivity contribution in [2.24, 2.45) is 0 Å². The molecule has 198 valence electrons. The standard InChI is InChI=1S/C17H13F16P/c18-3-1-2-5(19)7(21)9(23)8(22)6(20)4-34(17(32,33)16(29,30)31)15-13(27)11(25)10(24)12(26)14(15)28/h5-9H,1-4H2. The van der Waals surface area contributed by atoms with E-state index < -0.39 is 111 Å². The molecule has 0 heterocycles. The van der Waals surface area contributed by atoms with Crippen LogP contribution >= 0.6 is 7.92 Å². The van der Waals surface area contributed by atoms with Crippen LogP contribution in [0.1, 0.15) is 12.8 Å². The van der Waals surface area contributed by atoms with Crippen molar-refractivity contribution in [3.8, 4) is 0 Å². The summed E-state index contributed by atoms with van der Waals surface area (Å²) in [6, 6.07) is 0. The van der Waals surface area contributed by atoms with Gasteiger partial charge in [0, 0.05) is 14.1 Å². The highest BCUT2D eigenvalue weighted by molar-refractivity contribution is 7.67. The summed E-state index contributed by atoms with van der Waals surface area (Å²) in [6.07, 6.45) is -29.6. The highest BCUT2D eigenvalue weighted by atomic mass is 31.1. The molecule has 0 bridgehead atoms. The van der Waals surface area contributed by atoms with Crippen LogP contribution in [0.2, 0.25) is 0 Å². The van der Waals surface area contributed by atoms with Crippen LogP contribution in [0.5, 0.6) is 0 Å². The van der Waals surface area contributed by atoms with Crippen molar-refractivity contribution < 1.29 is 70.2 Å². The fraction of sp³-hybridized carbons (Fsp3) is 0.647. The van der Waals surface area contributed by atoms with E-state index in [9.17, 15) is 70.2 Å². The molecule has 0 aromatic heterocycles. The molecule has 0 spiro atoms. The van der Waals surface area contributed by atoms with Crippen LogP contribution in [-0.4, -0.2) is 55.5 Å². The number of halogens is 16. The molecule has 6 unspecified atom stereocenters. The van der Waals surface area contributed by atoms with Gasteiger partial charge in [-0.15, -0.1) is 0 Å². The van der Waals surface area contributed by atoms with E-state index in [4.69, 9.17) is 0 Å². The SMILES string of the molecule is FCCCC(F)C(F)C(F)C(F)C(F)CP(c1c(F)c(F)c(F)c(F)c1F)C(F)(F)C(F)(F)F. The Kier molecular flexibility index (Phi) is 10.3. The van der Waals surface area contributed by atoms with Gasteiger partial charge in [0.1, 0.15) is 12.3 Å². The van der Waals surface area contributed by atoms with E-state index in [0.29, 0.717) is 0 Å². The molecule has 0 amide bonds. The van der Waals surface area contributed by atoms with Gasteiger partial charge in [0.05, 0.1) is 12.0 Å². The maximum absolute atomic E-state index is 14.2. The summed E-state index contributed by atoms with van der Waals surface area (Å²) >= 11 is 0. The lowest BCUT2D eigenvalue weighted by Crippen LogP contribution is -2.44. The minimum Gasteiger partial charge on any atom is -0.251 e. The molecule has 0 N–H and O–H groups in total. The van der Waals surface area contributed by atoms with Crippen LogP contribution in [0, 0.1) is 29.1 Å². The molecule has 1 aromatic rings. The first-order valence-corrected chi connectivity index (χ1v) is 10.4. The Bertz CT molecular complexity index is 798. The van der Waals surface area contributed by atoms with Crippen LogP contribution in [-0.2, 0) is 0 Å². The smallest absolute Gasteiger partial charge is 0.251 e. The average Bonchev–Trinajstić information content (AvgIpc) is 2.76. The van der Waals surface area contributed by atoms with Crippen molar-refractivity contribution in [3.63, 3.8) is 0 Å². The molecular weight excluding hydrogens is 539 g/mol. The zero-order chi connectivity index (χ0) is 26.8. The van der Waals surface area contributed by atoms with Gasteiger partial charge in [0.15, 0.2) is 41.8 Å². The second kappa shape index (κ2) is 11.5. The van der Waals surface area contributed by atoms with Crippen molar-refractivity contribution in [2.45, 2.75) is 55.5 Å². The van der Waals surface area contributed by atoms with Gasteiger partial charge in [-0.05, 0) is 12.8 Å². The second-order valence-corrected chi connectivity index (χ2v) is 8.99. The zero-order valence-corrected chi connectivity index (χ0v) is 17.1. The van der Waals surface area contributed by atoms with Crippen LogP contribution in [0.25, 0.3) is 0 Å². The fourth-order valence-electron chi connectivity index (χ4n) is 2.61. The van der Waals surface area contributed by atoms with E-state index in [0.717, 1.165) is 0 Å². The van der Waals surface area contributed by atoms with Crippen molar-refractivity contribution in [2.75, 3.05) is 12.8 Å². The summed E-state index contributed by atoms with van der Waals surface area (Å²) in [5.74, 6) is -15.3. The predicted molar refractivity (Wildman–Crippen MR) is 88.3 cm³/mol. The lowest BCUT2D eigenvalue weighted by atomic mass is 10.0. The normalized spacial score (nSPS) is 18.4. The largest absolute Gasteiger partial charge is 0.457 e. The van der Waals surface area contributed by atoms with E-state index in [1.165, 1.54) is 0 Å². The Morgan fingerprint density at radius 2 is 1.03 bits per heavy atom. The van der Waals surface area contributed by atoms with Gasteiger partial charge in [-0.25, -0.2) is 43.9 Å². The molecule has 0 nitrogen and oxygen atoms in total. The molecule has 0 radical (unpaired) electrons. The fourth-order valence-corrected chi connectivity index (χ4v) is 4.83. The van der Waals surface area contributed by atoms with Gasteiger partial charge < -0.3 is 0 Å². The molecule has 0 saturated carbocycles. The second-order valence-electron chi connectivity index (χ2n) is 6.76. The Morgan fingerprint density at radius 3 is 1.44 bits per heavy atom. The Morgan fingerprint density at radius 1 is 0.618 bits per heavy atom. The Balaban J connectivity index is 3.44. The molecule has 34 heavy (non-hydrogen) atoms. The van der Waals surface area contributed by atoms with Gasteiger partial charge in [0.25, 0.3) is 0 Å². The molecular formula is C17H13F16P. The first kappa shape index (κ1) is 30.6. The maximum atomic E-state index is 14.2. The lowest BCUT2D eigenvalue weighted by molar-refractivity contribution is -0.240. The van der Waals surface area contributed by atoms with Crippen LogP contribution in [0.4, 0.5) is 70.2 Å². The highest BCUT2D eigenvalue weighted by Gasteiger charge is 2.64. The first-order chi connectivity index (χ1) is 15.4. The third-order valence-electron chi connectivity index (χ3n) is 4.41. The quantitative estimate of drug-likeness (QED) is 0.119. The summed E-state index contributed by atoms with van der Waals surface area (Å²) < 4.78 is 215. The van der Waals surface area contributed by atoms with Crippen molar-refractivity contribution in [1.29, 1.82) is 0 Å². The third-order valence-corrected chi connectivity index (χ3v) is 6.98. The zero-order valence-electron chi connectivity index (χ0n) is 16.2. The maximum Gasteiger partial charge on any atom is 0.457 e. The molecule has 0 aliphatic carbocycles. The Hall–Kier alpha value is -1.47. The van der Waals surface area contributed by atoms with Gasteiger partial charge in [-0.1, -0.05) is 0 Å². The lowest BCUT2D eigenvalue weighted by Gasteiger charge is -2.32. The molecule has 0 fully saturated rings. The first-order valence-electron chi connectivity index (χ1n) is 8.91. The monoisotopic (exact) mass is 552 g/mol. The molecule has 0 aliphatic heterocycles. The van der Waals surface area contributed by atoms with Gasteiger partial charge in [0.2, 0.25) is 5.82 Å². The number of alkyl halides is 11. The molecule has 17 heteroatoms. The average molecular weight is 552 g/mol. The Labute approximate surface area is 182 Å². The predicted octanol–water partition coefficient (Wildman–Crippen LogP) is 7.08. The van der Waals surface area contributed by atoms with Crippen molar-refractivity contribution in [1.82, 2.24) is 0 Å². The summed E-state index contributed by atoms with van der Waals surface area (Å²) in [5, 5.41) is -2.82. The minimum atomic E-state index is -6.79. The number of hydrogen-bond donors (Lipinski definition) is 0.